The Labute approximate surface area is 162 Å². The summed E-state index contributed by atoms with van der Waals surface area (Å²) < 4.78 is 7.78. The molecule has 0 aliphatic rings. The zero-order valence-corrected chi connectivity index (χ0v) is 15.0. The zero-order chi connectivity index (χ0) is 19.3. The van der Waals surface area contributed by atoms with Crippen LogP contribution < -0.4 is 4.74 Å². The van der Waals surface area contributed by atoms with Crippen molar-refractivity contribution in [2.45, 2.75) is 6.61 Å². The molecule has 0 saturated carbocycles. The number of carbonyl (C=O) groups is 1. The van der Waals surface area contributed by atoms with Crippen LogP contribution in [0, 0.1) is 0 Å². The molecule has 0 fully saturated rings. The topological polar surface area (TPSA) is 64.3 Å². The molecule has 0 spiro atoms. The third-order valence-electron chi connectivity index (χ3n) is 4.39. The minimum Gasteiger partial charge on any atom is -0.487 e. The van der Waals surface area contributed by atoms with Crippen LogP contribution in [0.4, 0.5) is 0 Å². The maximum Gasteiger partial charge on any atom is 0.335 e. The third kappa shape index (κ3) is 3.78. The number of nitrogens with zero attached hydrogens (tertiary/aromatic N) is 2. The molecule has 0 saturated heterocycles. The third-order valence-corrected chi connectivity index (χ3v) is 4.39. The molecule has 0 unspecified atom stereocenters. The van der Waals surface area contributed by atoms with Gasteiger partial charge in [-0.25, -0.2) is 9.48 Å². The van der Waals surface area contributed by atoms with Gasteiger partial charge in [-0.15, -0.1) is 0 Å². The molecule has 5 heteroatoms. The predicted molar refractivity (Wildman–Crippen MR) is 107 cm³/mol. The Bertz CT molecular complexity index is 1090. The number of benzene rings is 3. The van der Waals surface area contributed by atoms with Crippen molar-refractivity contribution in [3.63, 3.8) is 0 Å². The van der Waals surface area contributed by atoms with Gasteiger partial charge in [-0.2, -0.15) is 5.10 Å². The van der Waals surface area contributed by atoms with Gasteiger partial charge < -0.3 is 9.84 Å². The first kappa shape index (κ1) is 17.5. The highest BCUT2D eigenvalue weighted by Crippen LogP contribution is 2.29. The van der Waals surface area contributed by atoms with E-state index in [1.807, 2.05) is 54.7 Å². The molecule has 1 aromatic heterocycles. The minimum absolute atomic E-state index is 0.243. The molecule has 0 bridgehead atoms. The standard InChI is InChI=1S/C23H18N2O3/c26-23(27)20-9-4-6-17(14-20)16-28-22-11-10-19(18-7-2-1-3-8-18)15-21(22)25-13-5-12-24-25/h1-15H,16H2,(H,26,27). The van der Waals surface area contributed by atoms with Crippen LogP contribution in [-0.4, -0.2) is 20.9 Å². The van der Waals surface area contributed by atoms with E-state index in [1.165, 1.54) is 0 Å². The molecule has 0 radical (unpaired) electrons. The molecule has 28 heavy (non-hydrogen) atoms. The Morgan fingerprint density at radius 1 is 0.929 bits per heavy atom. The van der Waals surface area contributed by atoms with Crippen LogP contribution in [0.2, 0.25) is 0 Å². The van der Waals surface area contributed by atoms with Crippen molar-refractivity contribution < 1.29 is 14.6 Å². The van der Waals surface area contributed by atoms with E-state index in [1.54, 1.807) is 29.1 Å². The van der Waals surface area contributed by atoms with Gasteiger partial charge in [0.1, 0.15) is 18.0 Å². The number of aromatic nitrogens is 2. The van der Waals surface area contributed by atoms with E-state index in [0.29, 0.717) is 5.75 Å². The van der Waals surface area contributed by atoms with Gasteiger partial charge in [0.05, 0.1) is 5.56 Å². The van der Waals surface area contributed by atoms with Gasteiger partial charge in [-0.1, -0.05) is 48.5 Å². The van der Waals surface area contributed by atoms with Gasteiger partial charge in [0.2, 0.25) is 0 Å². The lowest BCUT2D eigenvalue weighted by Crippen LogP contribution is -2.03. The molecule has 5 nitrogen and oxygen atoms in total. The summed E-state index contributed by atoms with van der Waals surface area (Å²) in [5.74, 6) is -0.282. The van der Waals surface area contributed by atoms with Crippen molar-refractivity contribution >= 4 is 5.97 Å². The van der Waals surface area contributed by atoms with Crippen LogP contribution in [0.5, 0.6) is 5.75 Å². The second-order valence-electron chi connectivity index (χ2n) is 6.29. The number of hydrogen-bond acceptors (Lipinski definition) is 3. The Morgan fingerprint density at radius 3 is 2.54 bits per heavy atom. The highest BCUT2D eigenvalue weighted by molar-refractivity contribution is 5.87. The van der Waals surface area contributed by atoms with Crippen molar-refractivity contribution in [3.05, 3.63) is 102 Å². The smallest absolute Gasteiger partial charge is 0.335 e. The summed E-state index contributed by atoms with van der Waals surface area (Å²) in [7, 11) is 0. The molecule has 3 aromatic carbocycles. The summed E-state index contributed by atoms with van der Waals surface area (Å²) in [6.07, 6.45) is 3.58. The predicted octanol–water partition coefficient (Wildman–Crippen LogP) is 4.82. The number of rotatable bonds is 6. The Hall–Kier alpha value is -3.86. The van der Waals surface area contributed by atoms with Crippen LogP contribution in [0.3, 0.4) is 0 Å². The van der Waals surface area contributed by atoms with E-state index in [-0.39, 0.29) is 12.2 Å². The summed E-state index contributed by atoms with van der Waals surface area (Å²) in [6, 6.07) is 24.7. The molecule has 1 heterocycles. The second kappa shape index (κ2) is 7.80. The van der Waals surface area contributed by atoms with E-state index >= 15 is 0 Å². The second-order valence-corrected chi connectivity index (χ2v) is 6.29. The van der Waals surface area contributed by atoms with Crippen LogP contribution in [0.1, 0.15) is 15.9 Å². The minimum atomic E-state index is -0.953. The summed E-state index contributed by atoms with van der Waals surface area (Å²) in [5.41, 5.74) is 4.02. The Kier molecular flexibility index (Phi) is 4.89. The number of aromatic carboxylic acids is 1. The fraction of sp³-hybridized carbons (Fsp3) is 0.0435. The van der Waals surface area contributed by atoms with E-state index in [4.69, 9.17) is 9.84 Å². The van der Waals surface area contributed by atoms with Crippen LogP contribution in [-0.2, 0) is 6.61 Å². The molecule has 1 N–H and O–H groups in total. The highest BCUT2D eigenvalue weighted by Gasteiger charge is 2.10. The highest BCUT2D eigenvalue weighted by atomic mass is 16.5. The molecule has 4 aromatic rings. The lowest BCUT2D eigenvalue weighted by atomic mass is 10.0. The number of ether oxygens (including phenoxy) is 1. The summed E-state index contributed by atoms with van der Waals surface area (Å²) >= 11 is 0. The van der Waals surface area contributed by atoms with E-state index in [2.05, 4.69) is 17.2 Å². The summed E-state index contributed by atoms with van der Waals surface area (Å²) in [5, 5.41) is 13.5. The lowest BCUT2D eigenvalue weighted by molar-refractivity contribution is 0.0696. The Balaban J connectivity index is 1.65. The molecule has 138 valence electrons. The first-order valence-corrected chi connectivity index (χ1v) is 8.85. The fourth-order valence-corrected chi connectivity index (χ4v) is 3.00. The molecule has 0 amide bonds. The van der Waals surface area contributed by atoms with E-state index < -0.39 is 5.97 Å². The van der Waals surface area contributed by atoms with Crippen molar-refractivity contribution in [2.24, 2.45) is 0 Å². The van der Waals surface area contributed by atoms with Gasteiger partial charge in [-0.05, 0) is 47.0 Å². The molecular weight excluding hydrogens is 352 g/mol. The summed E-state index contributed by atoms with van der Waals surface area (Å²) in [6.45, 7) is 0.264. The monoisotopic (exact) mass is 370 g/mol. The summed E-state index contributed by atoms with van der Waals surface area (Å²) in [4.78, 5) is 11.2. The van der Waals surface area contributed by atoms with E-state index in [9.17, 15) is 4.79 Å². The zero-order valence-electron chi connectivity index (χ0n) is 15.0. The molecule has 0 aliphatic heterocycles. The fourth-order valence-electron chi connectivity index (χ4n) is 3.00. The molecular formula is C23H18N2O3. The lowest BCUT2D eigenvalue weighted by Gasteiger charge is -2.14. The largest absolute Gasteiger partial charge is 0.487 e. The van der Waals surface area contributed by atoms with Crippen molar-refractivity contribution in [2.75, 3.05) is 0 Å². The average molecular weight is 370 g/mol. The molecule has 0 atom stereocenters. The number of carboxylic acid groups (broad SMARTS) is 1. The molecule has 4 rings (SSSR count). The van der Waals surface area contributed by atoms with Gasteiger partial charge >= 0.3 is 5.97 Å². The quantitative estimate of drug-likeness (QED) is 0.529. The SMILES string of the molecule is O=C(O)c1cccc(COc2ccc(-c3ccccc3)cc2-n2cccn2)c1. The number of hydrogen-bond donors (Lipinski definition) is 1. The van der Waals surface area contributed by atoms with Crippen molar-refractivity contribution in [3.8, 4) is 22.6 Å². The van der Waals surface area contributed by atoms with Crippen LogP contribution >= 0.6 is 0 Å². The van der Waals surface area contributed by atoms with Gasteiger partial charge in [0, 0.05) is 12.4 Å². The van der Waals surface area contributed by atoms with Crippen LogP contribution in [0.25, 0.3) is 16.8 Å². The van der Waals surface area contributed by atoms with Crippen molar-refractivity contribution in [1.29, 1.82) is 0 Å². The average Bonchev–Trinajstić information content (AvgIpc) is 3.28. The maximum absolute atomic E-state index is 11.2. The van der Waals surface area contributed by atoms with E-state index in [0.717, 1.165) is 22.4 Å². The maximum atomic E-state index is 11.2. The van der Waals surface area contributed by atoms with Crippen LogP contribution in [0.15, 0.2) is 91.3 Å². The normalized spacial score (nSPS) is 10.6. The number of carboxylic acids is 1. The molecule has 0 aliphatic carbocycles. The van der Waals surface area contributed by atoms with Gasteiger partial charge in [-0.3, -0.25) is 0 Å². The first-order valence-electron chi connectivity index (χ1n) is 8.85. The Morgan fingerprint density at radius 2 is 1.79 bits per heavy atom. The van der Waals surface area contributed by atoms with Gasteiger partial charge in [0.25, 0.3) is 0 Å². The van der Waals surface area contributed by atoms with Gasteiger partial charge in [0.15, 0.2) is 0 Å². The van der Waals surface area contributed by atoms with Crippen molar-refractivity contribution in [1.82, 2.24) is 9.78 Å². The first-order chi connectivity index (χ1) is 13.7.